The highest BCUT2D eigenvalue weighted by molar-refractivity contribution is 7.73. The lowest BCUT2D eigenvalue weighted by Crippen LogP contribution is -2.35. The van der Waals surface area contributed by atoms with E-state index in [1.807, 2.05) is 60.7 Å². The molecule has 0 unspecified atom stereocenters. The fourth-order valence-electron chi connectivity index (χ4n) is 4.20. The molecule has 1 aliphatic carbocycles. The van der Waals surface area contributed by atoms with Crippen LogP contribution in [0.3, 0.4) is 0 Å². The third-order valence-corrected chi connectivity index (χ3v) is 7.08. The van der Waals surface area contributed by atoms with Crippen LogP contribution in [-0.2, 0) is 11.8 Å². The van der Waals surface area contributed by atoms with Crippen molar-refractivity contribution in [3.05, 3.63) is 87.1 Å². The first-order valence-electron chi connectivity index (χ1n) is 9.91. The van der Waals surface area contributed by atoms with Crippen LogP contribution in [0.4, 0.5) is 0 Å². The molecule has 7 heteroatoms. The van der Waals surface area contributed by atoms with Crippen LogP contribution >= 0.6 is 23.6 Å². The minimum atomic E-state index is -0.336. The molecule has 2 aromatic heterocycles. The zero-order chi connectivity index (χ0) is 21.8. The molecule has 0 aliphatic heterocycles. The van der Waals surface area contributed by atoms with Crippen LogP contribution in [0.2, 0.25) is 0 Å². The van der Waals surface area contributed by atoms with Crippen LogP contribution in [-0.4, -0.2) is 14.3 Å². The lowest BCUT2D eigenvalue weighted by atomic mass is 9.76. The summed E-state index contributed by atoms with van der Waals surface area (Å²) < 4.78 is 4.40. The molecule has 2 aromatic carbocycles. The highest BCUT2D eigenvalue weighted by Gasteiger charge is 2.38. The number of nitrogens with zero attached hydrogens (tertiary/aromatic N) is 4. The van der Waals surface area contributed by atoms with Crippen LogP contribution in [0.15, 0.2) is 60.7 Å². The van der Waals surface area contributed by atoms with Gasteiger partial charge in [-0.1, -0.05) is 50.2 Å². The van der Waals surface area contributed by atoms with Gasteiger partial charge >= 0.3 is 0 Å². The average Bonchev–Trinajstić information content (AvgIpc) is 3.09. The van der Waals surface area contributed by atoms with Gasteiger partial charge in [-0.2, -0.15) is 10.4 Å². The van der Waals surface area contributed by atoms with Crippen molar-refractivity contribution in [2.75, 3.05) is 0 Å². The SMILES string of the molecule is CC1(C)Cc2c(sc(=S)n2-c2ccccc2)-c2c1nn(-c1ccccc1)c(=N)c2C#N. The average molecular weight is 442 g/mol. The molecule has 5 rings (SSSR count). The van der Waals surface area contributed by atoms with Crippen molar-refractivity contribution in [3.63, 3.8) is 0 Å². The van der Waals surface area contributed by atoms with Gasteiger partial charge in [0.1, 0.15) is 11.6 Å². The minimum Gasteiger partial charge on any atom is -0.295 e. The number of nitriles is 1. The van der Waals surface area contributed by atoms with Crippen molar-refractivity contribution >= 4 is 23.6 Å². The summed E-state index contributed by atoms with van der Waals surface area (Å²) in [7, 11) is 0. The van der Waals surface area contributed by atoms with Crippen molar-refractivity contribution in [1.82, 2.24) is 14.3 Å². The molecule has 4 aromatic rings. The normalized spacial score (nSPS) is 13.8. The van der Waals surface area contributed by atoms with Gasteiger partial charge in [-0.15, -0.1) is 11.3 Å². The summed E-state index contributed by atoms with van der Waals surface area (Å²) in [5.41, 5.74) is 4.51. The number of hydrogen-bond donors (Lipinski definition) is 1. The minimum absolute atomic E-state index is 0.0849. The van der Waals surface area contributed by atoms with E-state index in [2.05, 4.69) is 24.5 Å². The molecule has 0 spiro atoms. The van der Waals surface area contributed by atoms with Crippen LogP contribution in [0.5, 0.6) is 0 Å². The topological polar surface area (TPSA) is 70.4 Å². The summed E-state index contributed by atoms with van der Waals surface area (Å²) >= 11 is 7.24. The maximum Gasteiger partial charge on any atom is 0.166 e. The zero-order valence-corrected chi connectivity index (χ0v) is 18.7. The molecule has 0 bridgehead atoms. The third-order valence-electron chi connectivity index (χ3n) is 5.64. The zero-order valence-electron chi connectivity index (χ0n) is 17.1. The molecule has 2 heterocycles. The summed E-state index contributed by atoms with van der Waals surface area (Å²) in [6.45, 7) is 4.27. The quantitative estimate of drug-likeness (QED) is 0.429. The van der Waals surface area contributed by atoms with E-state index in [9.17, 15) is 5.26 Å². The Morgan fingerprint density at radius 1 is 1.06 bits per heavy atom. The first kappa shape index (κ1) is 19.6. The largest absolute Gasteiger partial charge is 0.295 e. The molecule has 0 fully saturated rings. The van der Waals surface area contributed by atoms with Gasteiger partial charge in [0.2, 0.25) is 0 Å². The highest BCUT2D eigenvalue weighted by Crippen LogP contribution is 2.46. The molecular weight excluding hydrogens is 422 g/mol. The number of rotatable bonds is 2. The summed E-state index contributed by atoms with van der Waals surface area (Å²) in [4.78, 5) is 0.945. The van der Waals surface area contributed by atoms with Gasteiger partial charge in [0, 0.05) is 28.8 Å². The van der Waals surface area contributed by atoms with Crippen LogP contribution in [0.1, 0.15) is 30.8 Å². The molecule has 31 heavy (non-hydrogen) atoms. The number of benzene rings is 2. The molecule has 1 aliphatic rings. The van der Waals surface area contributed by atoms with E-state index in [0.717, 1.165) is 43.6 Å². The second kappa shape index (κ2) is 7.12. The van der Waals surface area contributed by atoms with Gasteiger partial charge in [-0.3, -0.25) is 9.98 Å². The molecule has 1 N–H and O–H groups in total. The summed E-state index contributed by atoms with van der Waals surface area (Å²) in [6.07, 6.45) is 0.737. The summed E-state index contributed by atoms with van der Waals surface area (Å²) in [5.74, 6) is 0. The van der Waals surface area contributed by atoms with Crippen molar-refractivity contribution in [2.45, 2.75) is 25.7 Å². The Hall–Kier alpha value is -3.34. The predicted molar refractivity (Wildman–Crippen MR) is 124 cm³/mol. The third kappa shape index (κ3) is 2.99. The lowest BCUT2D eigenvalue weighted by molar-refractivity contribution is 0.473. The van der Waals surface area contributed by atoms with Gasteiger partial charge < -0.3 is 0 Å². The van der Waals surface area contributed by atoms with E-state index in [1.54, 1.807) is 4.68 Å². The second-order valence-corrected chi connectivity index (χ2v) is 9.83. The molecule has 0 amide bonds. The van der Waals surface area contributed by atoms with E-state index < -0.39 is 0 Å². The first-order chi connectivity index (χ1) is 14.9. The molecule has 152 valence electrons. The van der Waals surface area contributed by atoms with E-state index in [1.165, 1.54) is 11.3 Å². The summed E-state index contributed by atoms with van der Waals surface area (Å²) in [6, 6.07) is 21.9. The van der Waals surface area contributed by atoms with E-state index in [4.69, 9.17) is 22.7 Å². The Labute approximate surface area is 189 Å². The number of fused-ring (bicyclic) bond motifs is 3. The van der Waals surface area contributed by atoms with Crippen molar-refractivity contribution in [2.24, 2.45) is 0 Å². The molecular formula is C24H19N5S2. The second-order valence-electron chi connectivity index (χ2n) is 8.18. The van der Waals surface area contributed by atoms with E-state index >= 15 is 0 Å². The Kier molecular flexibility index (Phi) is 4.50. The van der Waals surface area contributed by atoms with Crippen LogP contribution in [0.25, 0.3) is 21.8 Å². The predicted octanol–water partition coefficient (Wildman–Crippen LogP) is 5.31. The molecule has 5 nitrogen and oxygen atoms in total. The van der Waals surface area contributed by atoms with Gasteiger partial charge in [-0.05, 0) is 36.5 Å². The Bertz CT molecular complexity index is 1470. The first-order valence-corrected chi connectivity index (χ1v) is 11.1. The number of hydrogen-bond acceptors (Lipinski definition) is 5. The maximum atomic E-state index is 10.1. The smallest absolute Gasteiger partial charge is 0.166 e. The van der Waals surface area contributed by atoms with Crippen LogP contribution < -0.4 is 5.49 Å². The molecule has 0 radical (unpaired) electrons. The fourth-order valence-corrected chi connectivity index (χ4v) is 5.73. The Balaban J connectivity index is 1.87. The van der Waals surface area contributed by atoms with Crippen molar-refractivity contribution in [1.29, 1.82) is 10.7 Å². The van der Waals surface area contributed by atoms with Gasteiger partial charge in [0.05, 0.1) is 16.3 Å². The Morgan fingerprint density at radius 2 is 1.68 bits per heavy atom. The number of aromatic nitrogens is 3. The molecule has 0 saturated carbocycles. The van der Waals surface area contributed by atoms with Crippen molar-refractivity contribution < 1.29 is 0 Å². The Morgan fingerprint density at radius 3 is 2.29 bits per heavy atom. The van der Waals surface area contributed by atoms with Crippen LogP contribution in [0, 0.1) is 20.7 Å². The monoisotopic (exact) mass is 441 g/mol. The maximum absolute atomic E-state index is 10.1. The summed E-state index contributed by atoms with van der Waals surface area (Å²) in [5, 5.41) is 23.8. The number of thiazole rings is 1. The highest BCUT2D eigenvalue weighted by atomic mass is 32.1. The fraction of sp³-hybridized carbons (Fsp3) is 0.167. The molecule has 0 saturated heterocycles. The van der Waals surface area contributed by atoms with Gasteiger partial charge in [-0.25, -0.2) is 4.68 Å². The molecule has 0 atom stereocenters. The number of para-hydroxylation sites is 2. The number of nitrogens with one attached hydrogen (secondary N) is 1. The van der Waals surface area contributed by atoms with E-state index in [-0.39, 0.29) is 10.9 Å². The van der Waals surface area contributed by atoms with E-state index in [0.29, 0.717) is 5.56 Å². The standard InChI is InChI=1S/C24H19N5S2/c1-24(2)13-18-20(31-23(30)28(18)15-9-5-3-6-10-15)19-17(14-25)22(26)29(27-21(19)24)16-11-7-4-8-12-16/h3-12,26H,13H2,1-2H3. The van der Waals surface area contributed by atoms with Crippen molar-refractivity contribution in [3.8, 4) is 27.9 Å². The lowest BCUT2D eigenvalue weighted by Gasteiger charge is -2.32. The van der Waals surface area contributed by atoms with Gasteiger partial charge in [0.25, 0.3) is 0 Å². The van der Waals surface area contributed by atoms with Gasteiger partial charge in [0.15, 0.2) is 9.44 Å².